The molecule has 0 spiro atoms. The van der Waals surface area contributed by atoms with E-state index in [4.69, 9.17) is 20.8 Å². The van der Waals surface area contributed by atoms with Gasteiger partial charge in [0.05, 0.1) is 17.8 Å². The zero-order valence-corrected chi connectivity index (χ0v) is 21.4. The maximum atomic E-state index is 15.4. The lowest BCUT2D eigenvalue weighted by molar-refractivity contribution is 0.233. The van der Waals surface area contributed by atoms with E-state index in [1.54, 1.807) is 30.3 Å². The topological polar surface area (TPSA) is 83.8 Å². The summed E-state index contributed by atoms with van der Waals surface area (Å²) in [4.78, 5) is 15.4. The fourth-order valence-electron chi connectivity index (χ4n) is 4.26. The summed E-state index contributed by atoms with van der Waals surface area (Å²) in [5, 5.41) is 4.42. The SMILES string of the molecule is CCCS(=O)Nc1cccc(Cc2c(CN3CCNCC3)c3cc(Cl)c(OC)cc3oc2=O)c1F. The van der Waals surface area contributed by atoms with Crippen LogP contribution < -0.4 is 20.4 Å². The molecule has 4 rings (SSSR count). The average Bonchev–Trinajstić information content (AvgIpc) is 2.84. The van der Waals surface area contributed by atoms with E-state index in [2.05, 4.69) is 14.9 Å². The first kappa shape index (κ1) is 25.6. The molecule has 0 bridgehead atoms. The molecule has 0 amide bonds. The Hall–Kier alpha value is -2.46. The first-order valence-electron chi connectivity index (χ1n) is 11.6. The number of halogens is 2. The molecule has 1 aliphatic rings. The van der Waals surface area contributed by atoms with Gasteiger partial charge in [0.15, 0.2) is 5.82 Å². The molecular formula is C25H29ClFN3O4S. The van der Waals surface area contributed by atoms with E-state index in [0.717, 1.165) is 31.7 Å². The van der Waals surface area contributed by atoms with Crippen LogP contribution in [0.3, 0.4) is 0 Å². The summed E-state index contributed by atoms with van der Waals surface area (Å²) in [5.41, 5.74) is 1.44. The fourth-order valence-corrected chi connectivity index (χ4v) is 5.37. The number of nitrogens with zero attached hydrogens (tertiary/aromatic N) is 1. The second-order valence-electron chi connectivity index (χ2n) is 8.46. The number of fused-ring (bicyclic) bond motifs is 1. The number of methoxy groups -OCH3 is 1. The number of rotatable bonds is 9. The number of anilines is 1. The molecule has 1 fully saturated rings. The third-order valence-electron chi connectivity index (χ3n) is 6.04. The van der Waals surface area contributed by atoms with Gasteiger partial charge in [-0.25, -0.2) is 13.4 Å². The Bertz CT molecular complexity index is 1290. The van der Waals surface area contributed by atoms with Gasteiger partial charge in [0.25, 0.3) is 0 Å². The van der Waals surface area contributed by atoms with Gasteiger partial charge in [0, 0.05) is 61.9 Å². The number of hydrogen-bond acceptors (Lipinski definition) is 6. The lowest BCUT2D eigenvalue weighted by atomic mass is 9.97. The molecule has 0 radical (unpaired) electrons. The molecule has 1 aromatic heterocycles. The van der Waals surface area contributed by atoms with Gasteiger partial charge in [-0.3, -0.25) is 4.90 Å². The van der Waals surface area contributed by atoms with Crippen molar-refractivity contribution in [2.75, 3.05) is 43.8 Å². The van der Waals surface area contributed by atoms with E-state index < -0.39 is 22.4 Å². The molecule has 0 saturated carbocycles. The molecule has 1 atom stereocenters. The van der Waals surface area contributed by atoms with Crippen LogP contribution in [0.2, 0.25) is 5.02 Å². The molecule has 188 valence electrons. The maximum Gasteiger partial charge on any atom is 0.340 e. The summed E-state index contributed by atoms with van der Waals surface area (Å²) in [6.45, 7) is 5.75. The number of piperazine rings is 1. The predicted octanol–water partition coefficient (Wildman–Crippen LogP) is 4.08. The van der Waals surface area contributed by atoms with E-state index >= 15 is 4.39 Å². The van der Waals surface area contributed by atoms with Crippen molar-refractivity contribution in [1.82, 2.24) is 10.2 Å². The lowest BCUT2D eigenvalue weighted by Gasteiger charge is -2.28. The Labute approximate surface area is 211 Å². The minimum absolute atomic E-state index is 0.0328. The Balaban J connectivity index is 1.79. The van der Waals surface area contributed by atoms with Crippen LogP contribution in [0.5, 0.6) is 5.75 Å². The van der Waals surface area contributed by atoms with Crippen LogP contribution in [0.4, 0.5) is 10.1 Å². The average molecular weight is 522 g/mol. The second kappa shape index (κ2) is 11.5. The smallest absolute Gasteiger partial charge is 0.340 e. The Morgan fingerprint density at radius 3 is 2.74 bits per heavy atom. The van der Waals surface area contributed by atoms with E-state index in [1.807, 2.05) is 6.92 Å². The minimum Gasteiger partial charge on any atom is -0.495 e. The molecule has 1 unspecified atom stereocenters. The summed E-state index contributed by atoms with van der Waals surface area (Å²) in [7, 11) is 0.115. The highest BCUT2D eigenvalue weighted by atomic mass is 35.5. The van der Waals surface area contributed by atoms with E-state index in [-0.39, 0.29) is 12.1 Å². The number of hydrogen-bond donors (Lipinski definition) is 2. The summed E-state index contributed by atoms with van der Waals surface area (Å²) in [6, 6.07) is 8.20. The Morgan fingerprint density at radius 2 is 2.03 bits per heavy atom. The van der Waals surface area contributed by atoms with Gasteiger partial charge in [-0.15, -0.1) is 0 Å². The van der Waals surface area contributed by atoms with Crippen LogP contribution in [0.25, 0.3) is 11.0 Å². The molecule has 7 nitrogen and oxygen atoms in total. The second-order valence-corrected chi connectivity index (χ2v) is 10.2. The molecule has 0 aliphatic carbocycles. The van der Waals surface area contributed by atoms with Crippen molar-refractivity contribution in [2.24, 2.45) is 0 Å². The quantitative estimate of drug-likeness (QED) is 0.413. The normalized spacial score (nSPS) is 15.3. The summed E-state index contributed by atoms with van der Waals surface area (Å²) >= 11 is 6.43. The minimum atomic E-state index is -1.38. The van der Waals surface area contributed by atoms with Crippen molar-refractivity contribution in [1.29, 1.82) is 0 Å². The van der Waals surface area contributed by atoms with Crippen LogP contribution in [0.15, 0.2) is 39.5 Å². The number of benzene rings is 2. The molecule has 1 aliphatic heterocycles. The lowest BCUT2D eigenvalue weighted by Crippen LogP contribution is -2.43. The van der Waals surface area contributed by atoms with Crippen LogP contribution in [-0.2, 0) is 24.0 Å². The van der Waals surface area contributed by atoms with Gasteiger partial charge in [-0.05, 0) is 29.7 Å². The van der Waals surface area contributed by atoms with Crippen LogP contribution in [-0.4, -0.2) is 48.2 Å². The number of nitrogens with one attached hydrogen (secondary N) is 2. The van der Waals surface area contributed by atoms with Crippen molar-refractivity contribution >= 4 is 39.2 Å². The predicted molar refractivity (Wildman–Crippen MR) is 138 cm³/mol. The van der Waals surface area contributed by atoms with Crippen molar-refractivity contribution in [3.05, 3.63) is 68.3 Å². The Kier molecular flexibility index (Phi) is 8.43. The Morgan fingerprint density at radius 1 is 1.26 bits per heavy atom. The molecular weight excluding hydrogens is 493 g/mol. The molecule has 10 heteroatoms. The molecule has 3 aromatic rings. The van der Waals surface area contributed by atoms with E-state index in [9.17, 15) is 9.00 Å². The van der Waals surface area contributed by atoms with E-state index in [0.29, 0.717) is 51.6 Å². The highest BCUT2D eigenvalue weighted by molar-refractivity contribution is 7.86. The van der Waals surface area contributed by atoms with Crippen molar-refractivity contribution in [3.8, 4) is 5.75 Å². The molecule has 2 heterocycles. The van der Waals surface area contributed by atoms with Gasteiger partial charge in [0.2, 0.25) is 0 Å². The first-order valence-corrected chi connectivity index (χ1v) is 13.3. The highest BCUT2D eigenvalue weighted by Gasteiger charge is 2.22. The van der Waals surface area contributed by atoms with Crippen LogP contribution in [0.1, 0.15) is 30.0 Å². The molecule has 2 N–H and O–H groups in total. The zero-order valence-electron chi connectivity index (χ0n) is 19.8. The first-order chi connectivity index (χ1) is 16.9. The summed E-state index contributed by atoms with van der Waals surface area (Å²) < 4.78 is 41.2. The van der Waals surface area contributed by atoms with E-state index in [1.165, 1.54) is 7.11 Å². The summed E-state index contributed by atoms with van der Waals surface area (Å²) in [6.07, 6.45) is 0.743. The largest absolute Gasteiger partial charge is 0.495 e. The van der Waals surface area contributed by atoms with Gasteiger partial charge in [-0.2, -0.15) is 0 Å². The highest BCUT2D eigenvalue weighted by Crippen LogP contribution is 2.33. The standard InChI is InChI=1S/C25H29ClFN3O4S/c1-3-11-35(32)29-21-6-4-5-16(24(21)27)12-18-19(15-30-9-7-28-8-10-30)17-13-20(26)23(33-2)14-22(17)34-25(18)31/h4-6,13-14,28-29H,3,7-12,15H2,1-2H3. The molecule has 35 heavy (non-hydrogen) atoms. The van der Waals surface area contributed by atoms with Gasteiger partial charge < -0.3 is 19.2 Å². The monoisotopic (exact) mass is 521 g/mol. The summed E-state index contributed by atoms with van der Waals surface area (Å²) in [5.74, 6) is 0.294. The third kappa shape index (κ3) is 5.86. The third-order valence-corrected chi connectivity index (χ3v) is 7.57. The van der Waals surface area contributed by atoms with Crippen molar-refractivity contribution in [3.63, 3.8) is 0 Å². The van der Waals surface area contributed by atoms with Gasteiger partial charge in [0.1, 0.15) is 22.3 Å². The number of ether oxygens (including phenoxy) is 1. The van der Waals surface area contributed by atoms with Crippen molar-refractivity contribution < 1.29 is 17.8 Å². The fraction of sp³-hybridized carbons (Fsp3) is 0.400. The van der Waals surface area contributed by atoms with Crippen LogP contribution >= 0.6 is 11.6 Å². The van der Waals surface area contributed by atoms with Gasteiger partial charge in [-0.1, -0.05) is 30.7 Å². The zero-order chi connectivity index (χ0) is 24.9. The molecule has 1 saturated heterocycles. The van der Waals surface area contributed by atoms with Gasteiger partial charge >= 0.3 is 5.63 Å². The maximum absolute atomic E-state index is 15.4. The van der Waals surface area contributed by atoms with Crippen molar-refractivity contribution in [2.45, 2.75) is 26.3 Å². The van der Waals surface area contributed by atoms with Crippen LogP contribution in [0, 0.1) is 5.82 Å². The molecule has 2 aromatic carbocycles.